The van der Waals surface area contributed by atoms with Gasteiger partial charge in [0.25, 0.3) is 0 Å². The molecule has 0 aromatic heterocycles. The van der Waals surface area contributed by atoms with Crippen molar-refractivity contribution in [3.05, 3.63) is 167 Å². The molecule has 4 aromatic rings. The first-order valence-corrected chi connectivity index (χ1v) is 14.1. The molecule has 2 aliphatic rings. The molecule has 1 atom stereocenters. The molecule has 0 amide bonds. The number of benzene rings is 4. The molecular weight excluding hydrogens is 607 g/mol. The second-order valence-electron chi connectivity index (χ2n) is 9.44. The summed E-state index contributed by atoms with van der Waals surface area (Å²) in [5.41, 5.74) is 11.6. The van der Waals surface area contributed by atoms with E-state index in [4.69, 9.17) is 0 Å². The molecule has 6 rings (SSSR count). The van der Waals surface area contributed by atoms with Gasteiger partial charge < -0.3 is 24.8 Å². The Kier molecular flexibility index (Phi) is 13.7. The quantitative estimate of drug-likeness (QED) is 0.266. The average molecular weight is 639 g/mol. The van der Waals surface area contributed by atoms with Gasteiger partial charge in [0.2, 0.25) is 0 Å². The van der Waals surface area contributed by atoms with Crippen molar-refractivity contribution in [2.75, 3.05) is 0 Å². The van der Waals surface area contributed by atoms with Gasteiger partial charge in [0, 0.05) is 0 Å². The molecule has 0 heterocycles. The molecule has 0 aliphatic heterocycles. The van der Waals surface area contributed by atoms with Crippen molar-refractivity contribution in [3.8, 4) is 11.1 Å². The van der Waals surface area contributed by atoms with E-state index < -0.39 is 0 Å². The van der Waals surface area contributed by atoms with E-state index in [2.05, 4.69) is 130 Å². The SMILES string of the molecule is C=Cc1c[c-]c2c(c1)-c1cc(C=C)ccc1C2.CC1=CC(C)[C-]=C1.[Cl-].[Cl-].[Zr+2]=[C](c1ccccc1)c1ccccc1. The van der Waals surface area contributed by atoms with Crippen LogP contribution in [0.5, 0.6) is 0 Å². The number of hydrogen-bond acceptors (Lipinski definition) is 0. The van der Waals surface area contributed by atoms with E-state index in [-0.39, 0.29) is 24.8 Å². The molecule has 0 saturated carbocycles. The third-order valence-corrected chi connectivity index (χ3v) is 7.94. The topological polar surface area (TPSA) is 0 Å². The predicted octanol–water partition coefficient (Wildman–Crippen LogP) is 3.10. The van der Waals surface area contributed by atoms with Gasteiger partial charge in [-0.25, -0.2) is 11.6 Å². The summed E-state index contributed by atoms with van der Waals surface area (Å²) in [6.07, 6.45) is 12.1. The van der Waals surface area contributed by atoms with Crippen molar-refractivity contribution in [1.82, 2.24) is 0 Å². The molecule has 200 valence electrons. The summed E-state index contributed by atoms with van der Waals surface area (Å²) in [7, 11) is 0. The number of halogens is 2. The van der Waals surface area contributed by atoms with Crippen LogP contribution in [-0.2, 0) is 30.7 Å². The van der Waals surface area contributed by atoms with Gasteiger partial charge >= 0.3 is 99.2 Å². The van der Waals surface area contributed by atoms with Gasteiger partial charge in [-0.3, -0.25) is 6.08 Å². The summed E-state index contributed by atoms with van der Waals surface area (Å²) in [5.74, 6) is 0.556. The second-order valence-corrected chi connectivity index (χ2v) is 10.7. The third-order valence-electron chi connectivity index (χ3n) is 6.52. The van der Waals surface area contributed by atoms with E-state index in [1.807, 2.05) is 24.3 Å². The summed E-state index contributed by atoms with van der Waals surface area (Å²) in [5, 5.41) is 0. The van der Waals surface area contributed by atoms with Gasteiger partial charge in [-0.15, -0.1) is 30.7 Å². The van der Waals surface area contributed by atoms with Crippen LogP contribution >= 0.6 is 0 Å². The average Bonchev–Trinajstić information content (AvgIpc) is 3.54. The molecule has 0 saturated heterocycles. The number of fused-ring (bicyclic) bond motifs is 3. The van der Waals surface area contributed by atoms with Crippen molar-refractivity contribution < 1.29 is 49.0 Å². The van der Waals surface area contributed by atoms with Gasteiger partial charge in [0.05, 0.1) is 0 Å². The van der Waals surface area contributed by atoms with Crippen LogP contribution in [0, 0.1) is 18.1 Å². The summed E-state index contributed by atoms with van der Waals surface area (Å²) in [6, 6.07) is 35.2. The molecule has 4 aromatic carbocycles. The molecule has 0 bridgehead atoms. The minimum absolute atomic E-state index is 0. The Morgan fingerprint density at radius 1 is 0.825 bits per heavy atom. The standard InChI is InChI=1S/C17H13.C13H10.C7H9.2ClH.Zr/c1-3-12-5-7-14-11-15-8-6-13(4-2)10-17(15)16(14)9-12;1-3-7-12(8-4-1)11-13-9-5-2-6-10-13;1-6-3-4-7(2)5-6;;;/h3-7,9-10H,1-2,11H2;1-10H;3,5,7H,1-2H3;2*1H;/q-1;;-1;;;+2/p-2. The van der Waals surface area contributed by atoms with Crippen LogP contribution in [0.25, 0.3) is 23.3 Å². The van der Waals surface area contributed by atoms with Gasteiger partial charge in [0.1, 0.15) is 0 Å². The molecule has 0 nitrogen and oxygen atoms in total. The van der Waals surface area contributed by atoms with Gasteiger partial charge in [-0.1, -0.05) is 54.8 Å². The molecule has 2 aliphatic carbocycles. The van der Waals surface area contributed by atoms with E-state index in [9.17, 15) is 0 Å². The van der Waals surface area contributed by atoms with Gasteiger partial charge in [-0.05, 0) is 12.0 Å². The van der Waals surface area contributed by atoms with Crippen molar-refractivity contribution >= 4 is 15.4 Å². The Morgan fingerprint density at radius 3 is 1.88 bits per heavy atom. The van der Waals surface area contributed by atoms with Crippen LogP contribution in [0.3, 0.4) is 0 Å². The van der Waals surface area contributed by atoms with Crippen molar-refractivity contribution in [1.29, 1.82) is 0 Å². The second kappa shape index (κ2) is 16.4. The van der Waals surface area contributed by atoms with E-state index in [1.165, 1.54) is 72.0 Å². The van der Waals surface area contributed by atoms with Gasteiger partial charge in [0.15, 0.2) is 0 Å². The van der Waals surface area contributed by atoms with Crippen LogP contribution in [0.2, 0.25) is 0 Å². The fourth-order valence-electron chi connectivity index (χ4n) is 4.49. The minimum atomic E-state index is 0. The van der Waals surface area contributed by atoms with Crippen LogP contribution in [-0.4, -0.2) is 3.21 Å². The maximum atomic E-state index is 3.82. The zero-order chi connectivity index (χ0) is 26.9. The van der Waals surface area contributed by atoms with E-state index in [1.54, 1.807) is 0 Å². The molecule has 0 radical (unpaired) electrons. The monoisotopic (exact) mass is 636 g/mol. The Labute approximate surface area is 267 Å². The van der Waals surface area contributed by atoms with Crippen molar-refractivity contribution in [2.45, 2.75) is 20.3 Å². The Morgan fingerprint density at radius 2 is 1.40 bits per heavy atom. The first kappa shape index (κ1) is 33.4. The van der Waals surface area contributed by atoms with E-state index >= 15 is 0 Å². The normalized spacial score (nSPS) is 13.4. The van der Waals surface area contributed by atoms with E-state index in [0.29, 0.717) is 5.92 Å². The van der Waals surface area contributed by atoms with Crippen LogP contribution in [0.1, 0.15) is 47.2 Å². The molecule has 0 fully saturated rings. The number of allylic oxidation sites excluding steroid dienone is 4. The summed E-state index contributed by atoms with van der Waals surface area (Å²) in [4.78, 5) is 0. The Bertz CT molecular complexity index is 1400. The first-order chi connectivity index (χ1) is 18.5. The molecule has 3 heteroatoms. The molecule has 0 N–H and O–H groups in total. The van der Waals surface area contributed by atoms with Crippen LogP contribution in [0.4, 0.5) is 0 Å². The molecular formula is C37H32Cl2Zr-2. The third kappa shape index (κ3) is 8.84. The van der Waals surface area contributed by atoms with Crippen molar-refractivity contribution in [2.24, 2.45) is 5.92 Å². The van der Waals surface area contributed by atoms with Gasteiger partial charge in [-0.2, -0.15) is 29.8 Å². The Hall–Kier alpha value is -2.83. The number of hydrogen-bond donors (Lipinski definition) is 0. The Balaban J connectivity index is 0.000000221. The predicted molar refractivity (Wildman–Crippen MR) is 161 cm³/mol. The van der Waals surface area contributed by atoms with E-state index in [0.717, 1.165) is 12.0 Å². The maximum absolute atomic E-state index is 3.82. The fourth-order valence-corrected chi connectivity index (χ4v) is 5.31. The van der Waals surface area contributed by atoms with Crippen molar-refractivity contribution in [3.63, 3.8) is 0 Å². The summed E-state index contributed by atoms with van der Waals surface area (Å²) < 4.78 is 1.42. The molecule has 40 heavy (non-hydrogen) atoms. The first-order valence-electron chi connectivity index (χ1n) is 12.9. The summed E-state index contributed by atoms with van der Waals surface area (Å²) in [6.45, 7) is 11.9. The van der Waals surface area contributed by atoms with Crippen LogP contribution < -0.4 is 24.8 Å². The fraction of sp³-hybridized carbons (Fsp3) is 0.108. The van der Waals surface area contributed by atoms with Crippen LogP contribution in [0.15, 0.2) is 122 Å². The zero-order valence-electron chi connectivity index (χ0n) is 22.9. The summed E-state index contributed by atoms with van der Waals surface area (Å²) >= 11 is 1.46. The number of rotatable bonds is 4. The molecule has 1 unspecified atom stereocenters. The zero-order valence-corrected chi connectivity index (χ0v) is 26.9. The molecule has 0 spiro atoms.